The first-order valence-electron chi connectivity index (χ1n) is 9.73. The van der Waals surface area contributed by atoms with Gasteiger partial charge in [0, 0.05) is 42.0 Å². The zero-order valence-electron chi connectivity index (χ0n) is 17.5. The topological polar surface area (TPSA) is 79.4 Å². The van der Waals surface area contributed by atoms with E-state index in [0.29, 0.717) is 39.7 Å². The summed E-state index contributed by atoms with van der Waals surface area (Å²) >= 11 is 12.1. The summed E-state index contributed by atoms with van der Waals surface area (Å²) in [5.74, 6) is 0.214. The quantitative estimate of drug-likeness (QED) is 0.452. The Hall–Kier alpha value is -2.94. The van der Waals surface area contributed by atoms with E-state index in [1.165, 1.54) is 35.4 Å². The number of ether oxygens (including phenoxy) is 1. The van der Waals surface area contributed by atoms with Gasteiger partial charge in [0.2, 0.25) is 5.95 Å². The minimum absolute atomic E-state index is 0.0459. The lowest BCUT2D eigenvalue weighted by Gasteiger charge is -2.23. The lowest BCUT2D eigenvalue weighted by atomic mass is 10.2. The third-order valence-electron chi connectivity index (χ3n) is 4.40. The number of hydrogen-bond donors (Lipinski definition) is 2. The Morgan fingerprint density at radius 3 is 2.62 bits per heavy atom. The van der Waals surface area contributed by atoms with Crippen molar-refractivity contribution >= 4 is 46.7 Å². The average molecular weight is 478 g/mol. The number of anilines is 3. The Balaban J connectivity index is 1.87. The minimum atomic E-state index is -0.475. The molecule has 0 saturated carbocycles. The fourth-order valence-corrected chi connectivity index (χ4v) is 3.39. The van der Waals surface area contributed by atoms with Crippen LogP contribution in [0.3, 0.4) is 0 Å². The van der Waals surface area contributed by atoms with Crippen LogP contribution in [0.4, 0.5) is 26.6 Å². The lowest BCUT2D eigenvalue weighted by molar-refractivity contribution is 0.190. The number of hydrogen-bond acceptors (Lipinski definition) is 5. The SMILES string of the molecule is COCC(C)Nc1nccc(N(C(=O)NCc2ccc(Cl)cc2Cl)c2ccc(F)cc2)n1. The Kier molecular flexibility index (Phi) is 8.21. The van der Waals surface area contributed by atoms with Gasteiger partial charge in [-0.15, -0.1) is 0 Å². The number of halogens is 3. The molecule has 0 spiro atoms. The molecule has 1 heterocycles. The van der Waals surface area contributed by atoms with Crippen LogP contribution >= 0.6 is 23.2 Å². The molecule has 2 amide bonds. The summed E-state index contributed by atoms with van der Waals surface area (Å²) < 4.78 is 18.6. The number of methoxy groups -OCH3 is 1. The van der Waals surface area contributed by atoms with Crippen molar-refractivity contribution in [2.45, 2.75) is 19.5 Å². The maximum Gasteiger partial charge on any atom is 0.327 e. The molecule has 0 bridgehead atoms. The molecule has 10 heteroatoms. The first-order valence-corrected chi connectivity index (χ1v) is 10.5. The molecule has 0 aliphatic heterocycles. The van der Waals surface area contributed by atoms with Crippen molar-refractivity contribution in [3.05, 3.63) is 76.2 Å². The number of nitrogens with one attached hydrogen (secondary N) is 2. The van der Waals surface area contributed by atoms with Crippen LogP contribution in [0.25, 0.3) is 0 Å². The molecule has 2 aromatic carbocycles. The Bertz CT molecular complexity index is 1070. The van der Waals surface area contributed by atoms with E-state index in [2.05, 4.69) is 20.6 Å². The van der Waals surface area contributed by atoms with Gasteiger partial charge in [-0.3, -0.25) is 0 Å². The van der Waals surface area contributed by atoms with Crippen LogP contribution in [0.2, 0.25) is 10.0 Å². The molecule has 0 saturated heterocycles. The third-order valence-corrected chi connectivity index (χ3v) is 4.98. The van der Waals surface area contributed by atoms with Gasteiger partial charge in [0.25, 0.3) is 0 Å². The van der Waals surface area contributed by atoms with Crippen LogP contribution in [0, 0.1) is 5.82 Å². The van der Waals surface area contributed by atoms with Gasteiger partial charge in [0.15, 0.2) is 0 Å². The molecule has 3 rings (SSSR count). The molecule has 0 radical (unpaired) electrons. The highest BCUT2D eigenvalue weighted by atomic mass is 35.5. The summed E-state index contributed by atoms with van der Waals surface area (Å²) in [6.45, 7) is 2.53. The van der Waals surface area contributed by atoms with Crippen molar-refractivity contribution in [2.24, 2.45) is 0 Å². The fraction of sp³-hybridized carbons (Fsp3) is 0.227. The average Bonchev–Trinajstić information content (AvgIpc) is 2.75. The number of carbonyl (C=O) groups excluding carboxylic acids is 1. The molecule has 1 unspecified atom stereocenters. The third kappa shape index (κ3) is 6.29. The van der Waals surface area contributed by atoms with Gasteiger partial charge in [0.1, 0.15) is 11.6 Å². The number of urea groups is 1. The normalized spacial score (nSPS) is 11.7. The smallest absolute Gasteiger partial charge is 0.327 e. The zero-order valence-corrected chi connectivity index (χ0v) is 19.0. The molecular formula is C22H22Cl2FN5O2. The molecule has 2 N–H and O–H groups in total. The number of rotatable bonds is 8. The maximum atomic E-state index is 13.5. The minimum Gasteiger partial charge on any atom is -0.383 e. The van der Waals surface area contributed by atoms with Crippen LogP contribution in [0.5, 0.6) is 0 Å². The van der Waals surface area contributed by atoms with Crippen molar-refractivity contribution in [1.82, 2.24) is 15.3 Å². The van der Waals surface area contributed by atoms with Gasteiger partial charge in [-0.05, 0) is 48.9 Å². The van der Waals surface area contributed by atoms with Crippen molar-refractivity contribution < 1.29 is 13.9 Å². The predicted octanol–water partition coefficient (Wildman–Crippen LogP) is 5.42. The Morgan fingerprint density at radius 2 is 1.94 bits per heavy atom. The van der Waals surface area contributed by atoms with Crippen LogP contribution < -0.4 is 15.5 Å². The van der Waals surface area contributed by atoms with Crippen molar-refractivity contribution in [1.29, 1.82) is 0 Å². The number of benzene rings is 2. The largest absolute Gasteiger partial charge is 0.383 e. The van der Waals surface area contributed by atoms with E-state index in [4.69, 9.17) is 27.9 Å². The molecule has 0 aliphatic rings. The van der Waals surface area contributed by atoms with E-state index in [1.807, 2.05) is 6.92 Å². The predicted molar refractivity (Wildman–Crippen MR) is 124 cm³/mol. The molecule has 1 atom stereocenters. The van der Waals surface area contributed by atoms with E-state index in [1.54, 1.807) is 31.4 Å². The van der Waals surface area contributed by atoms with Gasteiger partial charge in [-0.25, -0.2) is 19.1 Å². The van der Waals surface area contributed by atoms with E-state index in [0.717, 1.165) is 0 Å². The fourth-order valence-electron chi connectivity index (χ4n) is 2.91. The summed E-state index contributed by atoms with van der Waals surface area (Å²) in [6, 6.07) is 11.6. The molecule has 1 aromatic heterocycles. The first kappa shape index (κ1) is 23.7. The standard InChI is InChI=1S/C22H22Cl2FN5O2/c1-14(13-32-2)28-21-26-10-9-20(29-21)30(18-7-5-17(25)6-8-18)22(31)27-12-15-3-4-16(23)11-19(15)24/h3-11,14H,12-13H2,1-2H3,(H,27,31)(H,26,28,29). The lowest BCUT2D eigenvalue weighted by Crippen LogP contribution is -2.37. The zero-order chi connectivity index (χ0) is 23.1. The molecule has 7 nitrogen and oxygen atoms in total. The molecular weight excluding hydrogens is 456 g/mol. The van der Waals surface area contributed by atoms with Gasteiger partial charge in [0.05, 0.1) is 12.3 Å². The number of nitrogens with zero attached hydrogens (tertiary/aromatic N) is 3. The number of aromatic nitrogens is 2. The summed E-state index contributed by atoms with van der Waals surface area (Å²) in [5.41, 5.74) is 1.13. The van der Waals surface area contributed by atoms with Gasteiger partial charge < -0.3 is 15.4 Å². The molecule has 0 fully saturated rings. The van der Waals surface area contributed by atoms with Crippen LogP contribution in [-0.2, 0) is 11.3 Å². The molecule has 0 aliphatic carbocycles. The summed E-state index contributed by atoms with van der Waals surface area (Å²) in [4.78, 5) is 23.1. The molecule has 168 valence electrons. The molecule has 3 aromatic rings. The highest BCUT2D eigenvalue weighted by Crippen LogP contribution is 2.26. The van der Waals surface area contributed by atoms with E-state index in [-0.39, 0.29) is 12.6 Å². The van der Waals surface area contributed by atoms with Gasteiger partial charge >= 0.3 is 6.03 Å². The second-order valence-corrected chi connectivity index (χ2v) is 7.79. The summed E-state index contributed by atoms with van der Waals surface area (Å²) in [6.07, 6.45) is 1.53. The second-order valence-electron chi connectivity index (χ2n) is 6.95. The van der Waals surface area contributed by atoms with Gasteiger partial charge in [-0.2, -0.15) is 4.98 Å². The highest BCUT2D eigenvalue weighted by Gasteiger charge is 2.21. The van der Waals surface area contributed by atoms with Crippen molar-refractivity contribution in [2.75, 3.05) is 23.9 Å². The van der Waals surface area contributed by atoms with E-state index >= 15 is 0 Å². The van der Waals surface area contributed by atoms with E-state index in [9.17, 15) is 9.18 Å². The van der Waals surface area contributed by atoms with Crippen LogP contribution in [-0.4, -0.2) is 35.8 Å². The maximum absolute atomic E-state index is 13.5. The highest BCUT2D eigenvalue weighted by molar-refractivity contribution is 6.35. The second kappa shape index (κ2) is 11.1. The van der Waals surface area contributed by atoms with Gasteiger partial charge in [-0.1, -0.05) is 29.3 Å². The Morgan fingerprint density at radius 1 is 1.19 bits per heavy atom. The first-order chi connectivity index (χ1) is 15.4. The molecule has 32 heavy (non-hydrogen) atoms. The summed E-state index contributed by atoms with van der Waals surface area (Å²) in [7, 11) is 1.60. The van der Waals surface area contributed by atoms with E-state index < -0.39 is 11.8 Å². The Labute approximate surface area is 195 Å². The summed E-state index contributed by atoms with van der Waals surface area (Å²) in [5, 5.41) is 6.87. The number of amides is 2. The monoisotopic (exact) mass is 477 g/mol. The van der Waals surface area contributed by atoms with Crippen molar-refractivity contribution in [3.63, 3.8) is 0 Å². The van der Waals surface area contributed by atoms with Crippen LogP contribution in [0.1, 0.15) is 12.5 Å². The van der Waals surface area contributed by atoms with Crippen molar-refractivity contribution in [3.8, 4) is 0 Å². The number of carbonyl (C=O) groups is 1. The van der Waals surface area contributed by atoms with Crippen LogP contribution in [0.15, 0.2) is 54.7 Å².